The smallest absolute Gasteiger partial charge is 0.328 e. The predicted octanol–water partition coefficient (Wildman–Crippen LogP) is 4.41. The van der Waals surface area contributed by atoms with Gasteiger partial charge in [-0.1, -0.05) is 73.8 Å². The molecule has 13 heteroatoms. The molecule has 1 saturated heterocycles. The molecule has 3 aromatic rings. The van der Waals surface area contributed by atoms with Crippen LogP contribution in [-0.2, 0) is 30.3 Å². The third-order valence-electron chi connectivity index (χ3n) is 8.15. The summed E-state index contributed by atoms with van der Waals surface area (Å²) in [5.41, 5.74) is 1.35. The average Bonchev–Trinajstić information content (AvgIpc) is 3.76. The number of carbonyl (C=O) groups excluding carboxylic acids is 5. The fourth-order valence-electron chi connectivity index (χ4n) is 5.35. The van der Waals surface area contributed by atoms with Gasteiger partial charge in [-0.2, -0.15) is 0 Å². The van der Waals surface area contributed by atoms with Crippen molar-refractivity contribution in [3.05, 3.63) is 82.0 Å². The molecule has 0 bridgehead atoms. The minimum Gasteiger partial charge on any atom is -0.467 e. The molecule has 4 atom stereocenters. The first-order valence-electron chi connectivity index (χ1n) is 15.4. The van der Waals surface area contributed by atoms with Crippen LogP contribution in [0.1, 0.15) is 49.2 Å². The molecule has 2 heterocycles. The fourth-order valence-corrected chi connectivity index (χ4v) is 5.85. The molecule has 1 fully saturated rings. The molecule has 1 aliphatic rings. The number of methoxy groups -OCH3 is 1. The van der Waals surface area contributed by atoms with Crippen molar-refractivity contribution in [3.8, 4) is 11.3 Å². The Hall–Kier alpha value is -4.35. The molecule has 1 aliphatic heterocycles. The van der Waals surface area contributed by atoms with Gasteiger partial charge < -0.3 is 30.0 Å². The lowest BCUT2D eigenvalue weighted by Gasteiger charge is -2.26. The Morgan fingerprint density at radius 3 is 2.45 bits per heavy atom. The Morgan fingerprint density at radius 2 is 1.77 bits per heavy atom. The van der Waals surface area contributed by atoms with E-state index in [1.807, 2.05) is 44.2 Å². The van der Waals surface area contributed by atoms with E-state index in [9.17, 15) is 24.0 Å². The number of hydrogen-bond donors (Lipinski definition) is 3. The Morgan fingerprint density at radius 1 is 1.02 bits per heavy atom. The zero-order valence-corrected chi connectivity index (χ0v) is 27.9. The van der Waals surface area contributed by atoms with E-state index in [2.05, 4.69) is 16.0 Å². The highest BCUT2D eigenvalue weighted by Gasteiger charge is 2.37. The molecular formula is C34H38Cl2N4O7. The van der Waals surface area contributed by atoms with Gasteiger partial charge in [-0.05, 0) is 54.7 Å². The van der Waals surface area contributed by atoms with E-state index in [0.717, 1.165) is 5.56 Å². The van der Waals surface area contributed by atoms with Crippen LogP contribution in [0, 0.1) is 5.92 Å². The molecule has 1 aromatic heterocycles. The maximum atomic E-state index is 13.6. The fraction of sp³-hybridized carbons (Fsp3) is 0.382. The number of hydrogen-bond acceptors (Lipinski definition) is 7. The molecule has 0 saturated carbocycles. The Labute approximate surface area is 283 Å². The summed E-state index contributed by atoms with van der Waals surface area (Å²) >= 11 is 12.3. The topological polar surface area (TPSA) is 147 Å². The highest BCUT2D eigenvalue weighted by Crippen LogP contribution is 2.32. The molecule has 0 spiro atoms. The van der Waals surface area contributed by atoms with Crippen LogP contribution in [0.25, 0.3) is 11.3 Å². The van der Waals surface area contributed by atoms with Gasteiger partial charge >= 0.3 is 5.97 Å². The van der Waals surface area contributed by atoms with E-state index < -0.39 is 54.3 Å². The number of amides is 4. The van der Waals surface area contributed by atoms with Gasteiger partial charge in [0.15, 0.2) is 5.76 Å². The molecule has 4 rings (SSSR count). The number of halogens is 2. The maximum Gasteiger partial charge on any atom is 0.328 e. The summed E-state index contributed by atoms with van der Waals surface area (Å²) in [6.45, 7) is 3.59. The van der Waals surface area contributed by atoms with Crippen LogP contribution in [0.4, 0.5) is 0 Å². The third-order valence-corrected chi connectivity index (χ3v) is 8.70. The summed E-state index contributed by atoms with van der Waals surface area (Å²) < 4.78 is 10.6. The Bertz CT molecular complexity index is 1600. The number of nitrogens with one attached hydrogen (secondary N) is 3. The largest absolute Gasteiger partial charge is 0.467 e. The van der Waals surface area contributed by atoms with E-state index in [4.69, 9.17) is 32.4 Å². The highest BCUT2D eigenvalue weighted by molar-refractivity contribution is 6.36. The molecule has 2 aromatic carbocycles. The number of nitrogens with zero attached hydrogens (tertiary/aromatic N) is 1. The normalized spacial score (nSPS) is 16.1. The molecular weight excluding hydrogens is 647 g/mol. The van der Waals surface area contributed by atoms with Crippen LogP contribution in [0.5, 0.6) is 0 Å². The van der Waals surface area contributed by atoms with Crippen LogP contribution in [0.2, 0.25) is 10.0 Å². The van der Waals surface area contributed by atoms with E-state index in [0.29, 0.717) is 47.2 Å². The SMILES string of the molecule is CC[C@H](C)[C@H](NC(=O)CNC(=O)[C@H](Cc1ccccc1)NC(=O)[C@@H]1CCCN1C(=O)c1ccc(-c2ccc(Cl)cc2Cl)o1)C(=O)OC. The maximum absolute atomic E-state index is 13.6. The number of rotatable bonds is 13. The summed E-state index contributed by atoms with van der Waals surface area (Å²) in [5.74, 6) is -2.51. The number of esters is 1. The van der Waals surface area contributed by atoms with Crippen molar-refractivity contribution in [2.75, 3.05) is 20.2 Å². The minimum atomic E-state index is -1.05. The summed E-state index contributed by atoms with van der Waals surface area (Å²) in [5, 5.41) is 8.81. The molecule has 0 aliphatic carbocycles. The van der Waals surface area contributed by atoms with Crippen molar-refractivity contribution in [3.63, 3.8) is 0 Å². The average molecular weight is 686 g/mol. The van der Waals surface area contributed by atoms with Crippen molar-refractivity contribution in [2.24, 2.45) is 5.92 Å². The van der Waals surface area contributed by atoms with Crippen LogP contribution in [-0.4, -0.2) is 72.8 Å². The van der Waals surface area contributed by atoms with E-state index >= 15 is 0 Å². The van der Waals surface area contributed by atoms with Gasteiger partial charge in [0.25, 0.3) is 5.91 Å². The summed E-state index contributed by atoms with van der Waals surface area (Å²) in [7, 11) is 1.24. The van der Waals surface area contributed by atoms with Gasteiger partial charge in [0, 0.05) is 23.6 Å². The number of likely N-dealkylation sites (tertiary alicyclic amines) is 1. The Kier molecular flexibility index (Phi) is 12.4. The quantitative estimate of drug-likeness (QED) is 0.226. The third kappa shape index (κ3) is 9.14. The molecule has 250 valence electrons. The molecule has 0 radical (unpaired) electrons. The van der Waals surface area contributed by atoms with Crippen molar-refractivity contribution >= 4 is 52.8 Å². The van der Waals surface area contributed by atoms with Crippen LogP contribution < -0.4 is 16.0 Å². The van der Waals surface area contributed by atoms with Crippen molar-refractivity contribution in [1.29, 1.82) is 0 Å². The molecule has 3 N–H and O–H groups in total. The molecule has 4 amide bonds. The van der Waals surface area contributed by atoms with Crippen molar-refractivity contribution in [1.82, 2.24) is 20.9 Å². The van der Waals surface area contributed by atoms with E-state index in [-0.39, 0.29) is 18.1 Å². The summed E-state index contributed by atoms with van der Waals surface area (Å²) in [6.07, 6.45) is 1.73. The lowest BCUT2D eigenvalue weighted by molar-refractivity contribution is -0.146. The number of ether oxygens (including phenoxy) is 1. The second kappa shape index (κ2) is 16.5. The predicted molar refractivity (Wildman–Crippen MR) is 177 cm³/mol. The summed E-state index contributed by atoms with van der Waals surface area (Å²) in [6, 6.07) is 14.4. The first kappa shape index (κ1) is 35.5. The standard InChI is InChI=1S/C34H38Cl2N4O7/c1-4-20(2)30(34(45)46-3)39-29(41)19-37-31(42)25(17-21-9-6-5-7-10-21)38-32(43)26-11-8-16-40(26)33(44)28-15-14-27(47-28)23-13-12-22(35)18-24(23)36/h5-7,9-10,12-15,18,20,25-26,30H,4,8,11,16-17,19H2,1-3H3,(H,37,42)(H,38,43)(H,39,41)/t20-,25-,26-,30-/m0/s1. The zero-order valence-electron chi connectivity index (χ0n) is 26.4. The van der Waals surface area contributed by atoms with Gasteiger partial charge in [0.05, 0.1) is 18.7 Å². The van der Waals surface area contributed by atoms with Crippen LogP contribution >= 0.6 is 23.2 Å². The van der Waals surface area contributed by atoms with E-state index in [1.54, 1.807) is 24.3 Å². The first-order chi connectivity index (χ1) is 22.5. The molecule has 0 unspecified atom stereocenters. The van der Waals surface area contributed by atoms with Crippen LogP contribution in [0.15, 0.2) is 65.1 Å². The lowest BCUT2D eigenvalue weighted by Crippen LogP contribution is -2.55. The highest BCUT2D eigenvalue weighted by atomic mass is 35.5. The summed E-state index contributed by atoms with van der Waals surface area (Å²) in [4.78, 5) is 66.8. The van der Waals surface area contributed by atoms with Crippen LogP contribution in [0.3, 0.4) is 0 Å². The number of carbonyl (C=O) groups is 5. The Balaban J connectivity index is 1.44. The van der Waals surface area contributed by atoms with Crippen molar-refractivity contribution < 1.29 is 33.1 Å². The minimum absolute atomic E-state index is 0.0398. The van der Waals surface area contributed by atoms with E-state index in [1.165, 1.54) is 18.1 Å². The molecule has 47 heavy (non-hydrogen) atoms. The number of furan rings is 1. The lowest BCUT2D eigenvalue weighted by atomic mass is 9.99. The molecule has 11 nitrogen and oxygen atoms in total. The zero-order chi connectivity index (χ0) is 34.1. The van der Waals surface area contributed by atoms with Gasteiger partial charge in [-0.15, -0.1) is 0 Å². The second-order valence-electron chi connectivity index (χ2n) is 11.4. The monoisotopic (exact) mass is 684 g/mol. The second-order valence-corrected chi connectivity index (χ2v) is 12.2. The van der Waals surface area contributed by atoms with Gasteiger partial charge in [-0.3, -0.25) is 19.2 Å². The van der Waals surface area contributed by atoms with Gasteiger partial charge in [0.1, 0.15) is 23.9 Å². The van der Waals surface area contributed by atoms with Gasteiger partial charge in [0.2, 0.25) is 17.7 Å². The first-order valence-corrected chi connectivity index (χ1v) is 16.1. The number of benzene rings is 2. The van der Waals surface area contributed by atoms with Gasteiger partial charge in [-0.25, -0.2) is 4.79 Å². The van der Waals surface area contributed by atoms with Crippen molar-refractivity contribution in [2.45, 2.75) is 57.7 Å².